The zero-order valence-electron chi connectivity index (χ0n) is 19.4. The molecule has 15 heteroatoms. The van der Waals surface area contributed by atoms with Crippen molar-refractivity contribution in [2.45, 2.75) is 31.0 Å². The quantitative estimate of drug-likeness (QED) is 0.238. The highest BCUT2D eigenvalue weighted by molar-refractivity contribution is 7.92. The number of sulfonamides is 2. The monoisotopic (exact) mass is 542 g/mol. The number of phenols is 1. The molecule has 1 fully saturated rings. The second-order valence-corrected chi connectivity index (χ2v) is 12.0. The number of aromatic hydroxyl groups is 1. The van der Waals surface area contributed by atoms with Gasteiger partial charge in [0.25, 0.3) is 21.6 Å². The fraction of sp³-hybridized carbons (Fsp3) is 0.381. The number of non-ortho nitro benzene ring substituents is 1. The number of phenolic OH excluding ortho intramolecular Hbond substituents is 1. The van der Waals surface area contributed by atoms with E-state index in [0.717, 1.165) is 24.3 Å². The lowest BCUT2D eigenvalue weighted by Crippen LogP contribution is -2.49. The van der Waals surface area contributed by atoms with Gasteiger partial charge in [0, 0.05) is 37.5 Å². The number of carbonyl (C=O) groups excluding carboxylic acids is 1. The minimum absolute atomic E-state index is 0.0895. The number of anilines is 1. The SMILES string of the molecule is C[C@H]1CN(S(=O)(=O)CCNC(=O)c2cc(NS(=O)(=O)c3cccc([N+](=O)[O-])c3)ccc2O)C[C@H](C)O1. The molecule has 1 saturated heterocycles. The number of rotatable bonds is 9. The molecular formula is C21H26N4O9S2. The van der Waals surface area contributed by atoms with Gasteiger partial charge in [-0.3, -0.25) is 19.6 Å². The number of amides is 1. The fourth-order valence-electron chi connectivity index (χ4n) is 3.64. The molecule has 0 bridgehead atoms. The molecule has 196 valence electrons. The van der Waals surface area contributed by atoms with Crippen molar-refractivity contribution in [2.75, 3.05) is 30.1 Å². The van der Waals surface area contributed by atoms with Crippen LogP contribution in [0.3, 0.4) is 0 Å². The Morgan fingerprint density at radius 3 is 2.44 bits per heavy atom. The number of morpholine rings is 1. The normalized spacial score (nSPS) is 18.9. The van der Waals surface area contributed by atoms with E-state index in [1.54, 1.807) is 13.8 Å². The van der Waals surface area contributed by atoms with Crippen LogP contribution in [0.5, 0.6) is 5.75 Å². The number of nitro groups is 1. The third-order valence-electron chi connectivity index (χ3n) is 5.26. The third kappa shape index (κ3) is 6.69. The summed E-state index contributed by atoms with van der Waals surface area (Å²) in [5, 5.41) is 23.4. The second-order valence-electron chi connectivity index (χ2n) is 8.24. The summed E-state index contributed by atoms with van der Waals surface area (Å²) in [4.78, 5) is 22.4. The van der Waals surface area contributed by atoms with Crippen LogP contribution >= 0.6 is 0 Å². The molecule has 2 atom stereocenters. The number of hydrogen-bond acceptors (Lipinski definition) is 9. The Hall–Kier alpha value is -3.27. The molecule has 0 unspecified atom stereocenters. The van der Waals surface area contributed by atoms with Crippen molar-refractivity contribution >= 4 is 37.3 Å². The number of nitro benzene ring substituents is 1. The summed E-state index contributed by atoms with van der Waals surface area (Å²) in [5.41, 5.74) is -0.798. The number of carbonyl (C=O) groups is 1. The molecule has 0 saturated carbocycles. The predicted molar refractivity (Wildman–Crippen MR) is 130 cm³/mol. The Bertz CT molecular complexity index is 1350. The van der Waals surface area contributed by atoms with E-state index >= 15 is 0 Å². The molecular weight excluding hydrogens is 516 g/mol. The van der Waals surface area contributed by atoms with Gasteiger partial charge >= 0.3 is 0 Å². The first-order valence-electron chi connectivity index (χ1n) is 10.8. The average molecular weight is 543 g/mol. The summed E-state index contributed by atoms with van der Waals surface area (Å²) in [5.74, 6) is -1.65. The molecule has 1 amide bonds. The number of hydrogen-bond donors (Lipinski definition) is 3. The van der Waals surface area contributed by atoms with E-state index < -0.39 is 42.3 Å². The van der Waals surface area contributed by atoms with Crippen molar-refractivity contribution in [1.29, 1.82) is 0 Å². The minimum atomic E-state index is -4.25. The van der Waals surface area contributed by atoms with Gasteiger partial charge in [0.2, 0.25) is 10.0 Å². The van der Waals surface area contributed by atoms with Gasteiger partial charge in [0.15, 0.2) is 0 Å². The summed E-state index contributed by atoms with van der Waals surface area (Å²) >= 11 is 0. The van der Waals surface area contributed by atoms with Crippen LogP contribution in [-0.2, 0) is 24.8 Å². The molecule has 0 radical (unpaired) electrons. The highest BCUT2D eigenvalue weighted by Crippen LogP contribution is 2.25. The molecule has 2 aromatic rings. The Kier molecular flexibility index (Phi) is 8.18. The van der Waals surface area contributed by atoms with Crippen molar-refractivity contribution in [3.05, 3.63) is 58.1 Å². The molecule has 1 heterocycles. The van der Waals surface area contributed by atoms with Gasteiger partial charge in [0.05, 0.1) is 33.3 Å². The van der Waals surface area contributed by atoms with E-state index in [0.29, 0.717) is 0 Å². The van der Waals surface area contributed by atoms with E-state index in [1.165, 1.54) is 22.5 Å². The van der Waals surface area contributed by atoms with Crippen LogP contribution in [-0.4, -0.2) is 74.7 Å². The first-order valence-corrected chi connectivity index (χ1v) is 13.9. The lowest BCUT2D eigenvalue weighted by Gasteiger charge is -2.34. The van der Waals surface area contributed by atoms with E-state index in [1.807, 2.05) is 0 Å². The Morgan fingerprint density at radius 2 is 1.81 bits per heavy atom. The summed E-state index contributed by atoms with van der Waals surface area (Å²) in [6, 6.07) is 7.77. The molecule has 3 rings (SSSR count). The molecule has 0 aliphatic carbocycles. The third-order valence-corrected chi connectivity index (χ3v) is 8.44. The zero-order valence-corrected chi connectivity index (χ0v) is 21.1. The molecule has 1 aliphatic rings. The van der Waals surface area contributed by atoms with Gasteiger partial charge in [-0.2, -0.15) is 4.31 Å². The largest absolute Gasteiger partial charge is 0.507 e. The van der Waals surface area contributed by atoms with Gasteiger partial charge in [-0.05, 0) is 38.1 Å². The van der Waals surface area contributed by atoms with Crippen LogP contribution in [0.25, 0.3) is 0 Å². The standard InChI is InChI=1S/C21H26N4O9S2/c1-14-12-24(13-15(2)34-14)35(30,31)9-8-22-21(27)19-10-16(6-7-20(19)26)23-36(32,33)18-5-3-4-17(11-18)25(28)29/h3-7,10-11,14-15,23,26H,8-9,12-13H2,1-2H3,(H,22,27)/t14-,15-/m0/s1. The lowest BCUT2D eigenvalue weighted by atomic mass is 10.1. The average Bonchev–Trinajstić information content (AvgIpc) is 2.79. The van der Waals surface area contributed by atoms with E-state index in [2.05, 4.69) is 10.0 Å². The van der Waals surface area contributed by atoms with Crippen LogP contribution in [0, 0.1) is 10.1 Å². The zero-order chi connectivity index (χ0) is 26.7. The summed E-state index contributed by atoms with van der Waals surface area (Å²) < 4.78 is 59.6. The Labute approximate surface area is 208 Å². The van der Waals surface area contributed by atoms with Gasteiger partial charge in [0.1, 0.15) is 5.75 Å². The maximum Gasteiger partial charge on any atom is 0.270 e. The van der Waals surface area contributed by atoms with Crippen LogP contribution in [0.4, 0.5) is 11.4 Å². The maximum absolute atomic E-state index is 12.6. The van der Waals surface area contributed by atoms with Gasteiger partial charge < -0.3 is 15.2 Å². The minimum Gasteiger partial charge on any atom is -0.507 e. The van der Waals surface area contributed by atoms with Crippen LogP contribution < -0.4 is 10.0 Å². The first-order chi connectivity index (χ1) is 16.8. The molecule has 3 N–H and O–H groups in total. The topological polar surface area (TPSA) is 185 Å². The molecule has 13 nitrogen and oxygen atoms in total. The van der Waals surface area contributed by atoms with E-state index in [-0.39, 0.29) is 53.7 Å². The molecule has 36 heavy (non-hydrogen) atoms. The van der Waals surface area contributed by atoms with E-state index in [9.17, 15) is 36.9 Å². The summed E-state index contributed by atoms with van der Waals surface area (Å²) in [7, 11) is -7.92. The van der Waals surface area contributed by atoms with Crippen molar-refractivity contribution < 1.29 is 36.4 Å². The highest BCUT2D eigenvalue weighted by atomic mass is 32.2. The highest BCUT2D eigenvalue weighted by Gasteiger charge is 2.30. The first kappa shape index (κ1) is 27.3. The Morgan fingerprint density at radius 1 is 1.14 bits per heavy atom. The summed E-state index contributed by atoms with van der Waals surface area (Å²) in [6.45, 7) is 3.69. The molecule has 0 aromatic heterocycles. The summed E-state index contributed by atoms with van der Waals surface area (Å²) in [6.07, 6.45) is -0.521. The lowest BCUT2D eigenvalue weighted by molar-refractivity contribution is -0.385. The second kappa shape index (κ2) is 10.8. The van der Waals surface area contributed by atoms with E-state index in [4.69, 9.17) is 4.74 Å². The molecule has 1 aliphatic heterocycles. The van der Waals surface area contributed by atoms with Crippen LogP contribution in [0.1, 0.15) is 24.2 Å². The van der Waals surface area contributed by atoms with Crippen molar-refractivity contribution in [3.8, 4) is 5.75 Å². The molecule has 2 aromatic carbocycles. The van der Waals surface area contributed by atoms with Crippen molar-refractivity contribution in [2.24, 2.45) is 0 Å². The van der Waals surface area contributed by atoms with Gasteiger partial charge in [-0.15, -0.1) is 0 Å². The number of nitrogens with one attached hydrogen (secondary N) is 2. The van der Waals surface area contributed by atoms with Gasteiger partial charge in [-0.1, -0.05) is 6.07 Å². The number of benzene rings is 2. The van der Waals surface area contributed by atoms with Crippen LogP contribution in [0.15, 0.2) is 47.4 Å². The number of nitrogens with zero attached hydrogens (tertiary/aromatic N) is 2. The fourth-order valence-corrected chi connectivity index (χ4v) is 6.22. The Balaban J connectivity index is 1.68. The molecule has 0 spiro atoms. The maximum atomic E-state index is 12.6. The predicted octanol–water partition coefficient (Wildman–Crippen LogP) is 1.27. The van der Waals surface area contributed by atoms with Gasteiger partial charge in [-0.25, -0.2) is 16.8 Å². The van der Waals surface area contributed by atoms with Crippen LogP contribution in [0.2, 0.25) is 0 Å². The number of ether oxygens (including phenoxy) is 1. The van der Waals surface area contributed by atoms with Crippen molar-refractivity contribution in [3.63, 3.8) is 0 Å². The van der Waals surface area contributed by atoms with Crippen molar-refractivity contribution in [1.82, 2.24) is 9.62 Å². The smallest absolute Gasteiger partial charge is 0.270 e.